The third-order valence-corrected chi connectivity index (χ3v) is 6.15. The van der Waals surface area contributed by atoms with Gasteiger partial charge >= 0.3 is 0 Å². The lowest BCUT2D eigenvalue weighted by Gasteiger charge is -2.13. The molecule has 0 spiro atoms. The summed E-state index contributed by atoms with van der Waals surface area (Å²) in [5.74, 6) is -0.312. The van der Waals surface area contributed by atoms with Gasteiger partial charge in [0.05, 0.1) is 11.0 Å². The fourth-order valence-corrected chi connectivity index (χ4v) is 4.06. The van der Waals surface area contributed by atoms with Crippen LogP contribution < -0.4 is 10.0 Å². The fraction of sp³-hybridized carbons (Fsp3) is 0.286. The van der Waals surface area contributed by atoms with Crippen LogP contribution in [0.15, 0.2) is 59.6 Å². The molecule has 0 aliphatic rings. The maximum atomic E-state index is 12.6. The topological polar surface area (TPSA) is 100 Å². The Labute approximate surface area is 170 Å². The quantitative estimate of drug-likeness (QED) is 0.552. The summed E-state index contributed by atoms with van der Waals surface area (Å²) in [6.45, 7) is 3.40. The second kappa shape index (κ2) is 8.36. The third kappa shape index (κ3) is 4.67. The lowest BCUT2D eigenvalue weighted by atomic mass is 10.1. The van der Waals surface area contributed by atoms with Gasteiger partial charge in [0.1, 0.15) is 0 Å². The number of hydrogen-bond donors (Lipinski definition) is 3. The van der Waals surface area contributed by atoms with Crippen LogP contribution in [-0.2, 0) is 21.9 Å². The van der Waals surface area contributed by atoms with Gasteiger partial charge in [0.2, 0.25) is 15.9 Å². The molecule has 3 N–H and O–H groups in total. The number of aryl methyl sites for hydroxylation is 1. The van der Waals surface area contributed by atoms with Gasteiger partial charge in [-0.3, -0.25) is 4.79 Å². The van der Waals surface area contributed by atoms with Crippen LogP contribution in [0.2, 0.25) is 0 Å². The van der Waals surface area contributed by atoms with Crippen molar-refractivity contribution in [2.75, 3.05) is 11.9 Å². The van der Waals surface area contributed by atoms with Gasteiger partial charge in [-0.1, -0.05) is 32.0 Å². The molecule has 1 atom stereocenters. The zero-order chi connectivity index (χ0) is 21.2. The number of hydrogen-bond acceptors (Lipinski definition) is 4. The van der Waals surface area contributed by atoms with Gasteiger partial charge < -0.3 is 15.0 Å². The van der Waals surface area contributed by atoms with Crippen LogP contribution in [0.3, 0.4) is 0 Å². The fourth-order valence-electron chi connectivity index (χ4n) is 3.02. The van der Waals surface area contributed by atoms with E-state index in [0.29, 0.717) is 11.3 Å². The van der Waals surface area contributed by atoms with Crippen molar-refractivity contribution in [3.05, 3.63) is 60.3 Å². The highest BCUT2D eigenvalue weighted by molar-refractivity contribution is 7.89. The van der Waals surface area contributed by atoms with Crippen molar-refractivity contribution in [2.24, 2.45) is 13.0 Å². The van der Waals surface area contributed by atoms with Crippen molar-refractivity contribution >= 4 is 32.5 Å². The standard InChI is InChI=1S/C21H25N3O4S/c1-14(2)21(26)23-15-8-10-16(11-9-15)29(27,28)22-12-20(25)18-13-24(3)19-7-5-4-6-17(18)19/h4-11,13-14,20,22,25H,12H2,1-3H3,(H,23,26). The number of fused-ring (bicyclic) bond motifs is 1. The van der Waals surface area contributed by atoms with E-state index in [2.05, 4.69) is 10.0 Å². The predicted octanol–water partition coefficient (Wildman–Crippen LogP) is 2.78. The molecule has 0 fully saturated rings. The molecule has 0 bridgehead atoms. The highest BCUT2D eigenvalue weighted by Gasteiger charge is 2.19. The molecule has 29 heavy (non-hydrogen) atoms. The van der Waals surface area contributed by atoms with Crippen LogP contribution >= 0.6 is 0 Å². The second-order valence-corrected chi connectivity index (χ2v) is 9.02. The smallest absolute Gasteiger partial charge is 0.240 e. The van der Waals surface area contributed by atoms with E-state index in [4.69, 9.17) is 0 Å². The lowest BCUT2D eigenvalue weighted by Crippen LogP contribution is -2.28. The Bertz CT molecular complexity index is 1120. The van der Waals surface area contributed by atoms with Crippen LogP contribution in [0, 0.1) is 5.92 Å². The monoisotopic (exact) mass is 415 g/mol. The Morgan fingerprint density at radius 1 is 1.10 bits per heavy atom. The minimum absolute atomic E-state index is 0.0603. The molecular formula is C21H25N3O4S. The number of amides is 1. The van der Waals surface area contributed by atoms with E-state index in [9.17, 15) is 18.3 Å². The highest BCUT2D eigenvalue weighted by atomic mass is 32.2. The molecule has 1 heterocycles. The number of nitrogens with one attached hydrogen (secondary N) is 2. The van der Waals surface area contributed by atoms with Gasteiger partial charge in [-0.2, -0.15) is 0 Å². The van der Waals surface area contributed by atoms with Gasteiger partial charge in [0.15, 0.2) is 0 Å². The second-order valence-electron chi connectivity index (χ2n) is 7.25. The number of anilines is 1. The summed E-state index contributed by atoms with van der Waals surface area (Å²) in [7, 11) is -1.92. The number of para-hydroxylation sites is 1. The summed E-state index contributed by atoms with van der Waals surface area (Å²) >= 11 is 0. The number of carbonyl (C=O) groups excluding carboxylic acids is 1. The minimum atomic E-state index is -3.80. The SMILES string of the molecule is CC(C)C(=O)Nc1ccc(S(=O)(=O)NCC(O)c2cn(C)c3ccccc23)cc1. The average Bonchev–Trinajstić information content (AvgIpc) is 3.03. The first-order valence-electron chi connectivity index (χ1n) is 9.31. The van der Waals surface area contributed by atoms with E-state index >= 15 is 0 Å². The van der Waals surface area contributed by atoms with Crippen LogP contribution in [0.5, 0.6) is 0 Å². The number of nitrogens with zero attached hydrogens (tertiary/aromatic N) is 1. The minimum Gasteiger partial charge on any atom is -0.387 e. The first kappa shape index (κ1) is 21.0. The Morgan fingerprint density at radius 3 is 2.41 bits per heavy atom. The van der Waals surface area contributed by atoms with E-state index in [1.165, 1.54) is 24.3 Å². The van der Waals surface area contributed by atoms with Crippen molar-refractivity contribution in [2.45, 2.75) is 24.8 Å². The summed E-state index contributed by atoms with van der Waals surface area (Å²) in [5, 5.41) is 14.1. The van der Waals surface area contributed by atoms with Crippen LogP contribution in [0.25, 0.3) is 10.9 Å². The van der Waals surface area contributed by atoms with Crippen molar-refractivity contribution in [3.63, 3.8) is 0 Å². The largest absolute Gasteiger partial charge is 0.387 e. The molecule has 7 nitrogen and oxygen atoms in total. The number of rotatable bonds is 7. The van der Waals surface area contributed by atoms with Gasteiger partial charge in [-0.05, 0) is 30.3 Å². The number of carbonyl (C=O) groups is 1. The first-order valence-corrected chi connectivity index (χ1v) is 10.8. The van der Waals surface area contributed by atoms with E-state index in [1.807, 2.05) is 35.9 Å². The molecule has 8 heteroatoms. The summed E-state index contributed by atoms with van der Waals surface area (Å²) in [4.78, 5) is 11.8. The Morgan fingerprint density at radius 2 is 1.76 bits per heavy atom. The first-order chi connectivity index (χ1) is 13.7. The molecule has 3 rings (SSSR count). The summed E-state index contributed by atoms with van der Waals surface area (Å²) in [6.07, 6.45) is 0.816. The number of benzene rings is 2. The predicted molar refractivity (Wildman–Crippen MR) is 113 cm³/mol. The maximum Gasteiger partial charge on any atom is 0.240 e. The van der Waals surface area contributed by atoms with Gasteiger partial charge in [0, 0.05) is 47.9 Å². The van der Waals surface area contributed by atoms with Gasteiger partial charge in [0.25, 0.3) is 0 Å². The highest BCUT2D eigenvalue weighted by Crippen LogP contribution is 2.26. The molecule has 0 radical (unpaired) electrons. The van der Waals surface area contributed by atoms with Crippen molar-refractivity contribution in [1.29, 1.82) is 0 Å². The Hall–Kier alpha value is -2.68. The van der Waals surface area contributed by atoms with E-state index in [1.54, 1.807) is 20.0 Å². The molecule has 2 aromatic carbocycles. The normalized spacial score (nSPS) is 13.0. The van der Waals surface area contributed by atoms with Gasteiger partial charge in [-0.25, -0.2) is 13.1 Å². The van der Waals surface area contributed by atoms with E-state index < -0.39 is 16.1 Å². The molecule has 1 unspecified atom stereocenters. The summed E-state index contributed by atoms with van der Waals surface area (Å²) in [5.41, 5.74) is 2.15. The molecular weight excluding hydrogens is 390 g/mol. The van der Waals surface area contributed by atoms with Crippen LogP contribution in [0.1, 0.15) is 25.5 Å². The van der Waals surface area contributed by atoms with Crippen LogP contribution in [-0.4, -0.2) is 30.5 Å². The molecule has 0 saturated heterocycles. The summed E-state index contributed by atoms with van der Waals surface area (Å²) in [6, 6.07) is 13.5. The van der Waals surface area contributed by atoms with Gasteiger partial charge in [-0.15, -0.1) is 0 Å². The average molecular weight is 416 g/mol. The number of aliphatic hydroxyl groups excluding tert-OH is 1. The zero-order valence-electron chi connectivity index (χ0n) is 16.6. The summed E-state index contributed by atoms with van der Waals surface area (Å²) < 4.78 is 29.5. The van der Waals surface area contributed by atoms with E-state index in [0.717, 1.165) is 10.9 Å². The Kier molecular flexibility index (Phi) is 6.07. The molecule has 3 aromatic rings. The molecule has 0 aliphatic heterocycles. The van der Waals surface area contributed by atoms with Crippen LogP contribution in [0.4, 0.5) is 5.69 Å². The van der Waals surface area contributed by atoms with Crippen molar-refractivity contribution in [3.8, 4) is 0 Å². The molecule has 0 saturated carbocycles. The van der Waals surface area contributed by atoms with Crippen molar-refractivity contribution < 1.29 is 18.3 Å². The molecule has 1 amide bonds. The maximum absolute atomic E-state index is 12.6. The Balaban J connectivity index is 1.70. The molecule has 0 aliphatic carbocycles. The number of sulfonamides is 1. The number of aliphatic hydroxyl groups is 1. The zero-order valence-corrected chi connectivity index (χ0v) is 17.4. The lowest BCUT2D eigenvalue weighted by molar-refractivity contribution is -0.118. The van der Waals surface area contributed by atoms with Crippen molar-refractivity contribution in [1.82, 2.24) is 9.29 Å². The molecule has 154 valence electrons. The third-order valence-electron chi connectivity index (χ3n) is 4.71. The van der Waals surface area contributed by atoms with E-state index in [-0.39, 0.29) is 23.3 Å². The molecule has 1 aromatic heterocycles. The number of aromatic nitrogens is 1.